The van der Waals surface area contributed by atoms with Crippen molar-refractivity contribution in [1.29, 1.82) is 0 Å². The van der Waals surface area contributed by atoms with Crippen LogP contribution < -0.4 is 4.74 Å². The maximum Gasteiger partial charge on any atom is 0.229 e. The van der Waals surface area contributed by atoms with Gasteiger partial charge in [0, 0.05) is 13.6 Å². The van der Waals surface area contributed by atoms with Crippen molar-refractivity contribution in [3.05, 3.63) is 52.2 Å². The highest BCUT2D eigenvalue weighted by atomic mass is 32.1. The highest BCUT2D eigenvalue weighted by Gasteiger charge is 2.28. The molecule has 1 aromatic heterocycles. The molecule has 1 aliphatic heterocycles. The molecule has 2 aromatic rings. The van der Waals surface area contributed by atoms with Crippen LogP contribution in [0.2, 0.25) is 0 Å². The second-order valence-corrected chi connectivity index (χ2v) is 5.93. The summed E-state index contributed by atoms with van der Waals surface area (Å²) in [6, 6.07) is 10.0. The van der Waals surface area contributed by atoms with E-state index in [1.807, 2.05) is 36.7 Å². The predicted octanol–water partition coefficient (Wildman–Crippen LogP) is 2.96. The van der Waals surface area contributed by atoms with Crippen LogP contribution in [0.4, 0.5) is 0 Å². The van der Waals surface area contributed by atoms with Crippen LogP contribution in [-0.4, -0.2) is 24.5 Å². The highest BCUT2D eigenvalue weighted by molar-refractivity contribution is 7.07. The molecule has 1 amide bonds. The summed E-state index contributed by atoms with van der Waals surface area (Å²) >= 11 is 1.66. The first-order valence-electron chi connectivity index (χ1n) is 6.71. The predicted molar refractivity (Wildman–Crippen MR) is 79.9 cm³/mol. The molecule has 0 bridgehead atoms. The summed E-state index contributed by atoms with van der Waals surface area (Å²) < 4.78 is 5.70. The molecule has 2 heterocycles. The van der Waals surface area contributed by atoms with Crippen LogP contribution in [0.1, 0.15) is 11.1 Å². The minimum absolute atomic E-state index is 0.0754. The summed E-state index contributed by atoms with van der Waals surface area (Å²) in [6.07, 6.45) is 0.767. The van der Waals surface area contributed by atoms with Crippen molar-refractivity contribution in [2.75, 3.05) is 13.7 Å². The van der Waals surface area contributed by atoms with Gasteiger partial charge in [0.15, 0.2) is 0 Å². The lowest BCUT2D eigenvalue weighted by molar-refractivity contribution is -0.136. The molecule has 0 saturated heterocycles. The fourth-order valence-corrected chi connectivity index (χ4v) is 3.19. The molecule has 0 fully saturated rings. The van der Waals surface area contributed by atoms with Gasteiger partial charge in [-0.3, -0.25) is 4.79 Å². The number of hydrogen-bond donors (Lipinski definition) is 0. The molecule has 0 unspecified atom stereocenters. The van der Waals surface area contributed by atoms with E-state index in [2.05, 4.69) is 11.4 Å². The Labute approximate surface area is 122 Å². The molecule has 0 spiro atoms. The summed E-state index contributed by atoms with van der Waals surface area (Å²) in [6.45, 7) is 1.14. The molecule has 0 aliphatic carbocycles. The second-order valence-electron chi connectivity index (χ2n) is 5.15. The lowest BCUT2D eigenvalue weighted by Gasteiger charge is -2.28. The SMILES string of the molecule is CN(Cc1ccsc1)C(=O)[C@H]1COc2ccccc2C1. The van der Waals surface area contributed by atoms with E-state index in [9.17, 15) is 4.79 Å². The zero-order valence-corrected chi connectivity index (χ0v) is 12.2. The molecule has 0 saturated carbocycles. The summed E-state index contributed by atoms with van der Waals surface area (Å²) in [4.78, 5) is 14.3. The number of carbonyl (C=O) groups excluding carboxylic acids is 1. The number of carbonyl (C=O) groups is 1. The maximum absolute atomic E-state index is 12.5. The molecule has 1 atom stereocenters. The average molecular weight is 287 g/mol. The maximum atomic E-state index is 12.5. The van der Waals surface area contributed by atoms with Crippen molar-refractivity contribution < 1.29 is 9.53 Å². The summed E-state index contributed by atoms with van der Waals surface area (Å²) in [5.74, 6) is 0.997. The second kappa shape index (κ2) is 5.67. The van der Waals surface area contributed by atoms with E-state index in [0.717, 1.165) is 17.7 Å². The van der Waals surface area contributed by atoms with Crippen LogP contribution in [0.5, 0.6) is 5.75 Å². The molecule has 1 aliphatic rings. The number of nitrogens with zero attached hydrogens (tertiary/aromatic N) is 1. The number of thiophene rings is 1. The van der Waals surface area contributed by atoms with Gasteiger partial charge < -0.3 is 9.64 Å². The van der Waals surface area contributed by atoms with Gasteiger partial charge in [-0.2, -0.15) is 11.3 Å². The smallest absolute Gasteiger partial charge is 0.229 e. The van der Waals surface area contributed by atoms with Crippen molar-refractivity contribution in [2.45, 2.75) is 13.0 Å². The Kier molecular flexibility index (Phi) is 3.74. The summed E-state index contributed by atoms with van der Waals surface area (Å²) in [5, 5.41) is 4.12. The summed E-state index contributed by atoms with van der Waals surface area (Å²) in [7, 11) is 1.86. The Morgan fingerprint density at radius 2 is 2.25 bits per heavy atom. The number of benzene rings is 1. The van der Waals surface area contributed by atoms with Gasteiger partial charge in [0.2, 0.25) is 5.91 Å². The average Bonchev–Trinajstić information content (AvgIpc) is 2.99. The van der Waals surface area contributed by atoms with Gasteiger partial charge in [0.25, 0.3) is 0 Å². The molecule has 4 heteroatoms. The number of ether oxygens (including phenoxy) is 1. The van der Waals surface area contributed by atoms with E-state index in [0.29, 0.717) is 13.2 Å². The third kappa shape index (κ3) is 2.70. The molecular formula is C16H17NO2S. The monoisotopic (exact) mass is 287 g/mol. The molecule has 3 rings (SSSR count). The van der Waals surface area contributed by atoms with Gasteiger partial charge in [-0.05, 0) is 40.4 Å². The van der Waals surface area contributed by atoms with Gasteiger partial charge in [-0.25, -0.2) is 0 Å². The Morgan fingerprint density at radius 3 is 3.05 bits per heavy atom. The van der Waals surface area contributed by atoms with Crippen LogP contribution in [0.3, 0.4) is 0 Å². The summed E-state index contributed by atoms with van der Waals surface area (Å²) in [5.41, 5.74) is 2.31. The van der Waals surface area contributed by atoms with Gasteiger partial charge >= 0.3 is 0 Å². The van der Waals surface area contributed by atoms with Gasteiger partial charge in [-0.1, -0.05) is 18.2 Å². The van der Waals surface area contributed by atoms with Crippen LogP contribution in [-0.2, 0) is 17.8 Å². The van der Waals surface area contributed by atoms with Crippen molar-refractivity contribution in [3.8, 4) is 5.75 Å². The molecule has 20 heavy (non-hydrogen) atoms. The fourth-order valence-electron chi connectivity index (χ4n) is 2.53. The topological polar surface area (TPSA) is 29.5 Å². The van der Waals surface area contributed by atoms with E-state index < -0.39 is 0 Å². The van der Waals surface area contributed by atoms with E-state index in [4.69, 9.17) is 4.74 Å². The first-order chi connectivity index (χ1) is 9.74. The molecular weight excluding hydrogens is 270 g/mol. The van der Waals surface area contributed by atoms with E-state index >= 15 is 0 Å². The molecule has 104 valence electrons. The Bertz CT molecular complexity index is 594. The fraction of sp³-hybridized carbons (Fsp3) is 0.312. The zero-order chi connectivity index (χ0) is 13.9. The lowest BCUT2D eigenvalue weighted by Crippen LogP contribution is -2.38. The largest absolute Gasteiger partial charge is 0.492 e. The van der Waals surface area contributed by atoms with E-state index in [1.165, 1.54) is 5.56 Å². The lowest BCUT2D eigenvalue weighted by atomic mass is 9.95. The van der Waals surface area contributed by atoms with Crippen molar-refractivity contribution in [1.82, 2.24) is 4.90 Å². The van der Waals surface area contributed by atoms with Crippen molar-refractivity contribution in [2.24, 2.45) is 5.92 Å². The van der Waals surface area contributed by atoms with Crippen LogP contribution in [0.25, 0.3) is 0 Å². The number of hydrogen-bond acceptors (Lipinski definition) is 3. The van der Waals surface area contributed by atoms with E-state index in [-0.39, 0.29) is 11.8 Å². The first-order valence-corrected chi connectivity index (χ1v) is 7.65. The Balaban J connectivity index is 1.66. The third-order valence-corrected chi connectivity index (χ3v) is 4.34. The normalized spacial score (nSPS) is 17.1. The van der Waals surface area contributed by atoms with Gasteiger partial charge in [0.05, 0.1) is 5.92 Å². The third-order valence-electron chi connectivity index (χ3n) is 3.60. The number of amides is 1. The van der Waals surface area contributed by atoms with E-state index in [1.54, 1.807) is 16.2 Å². The van der Waals surface area contributed by atoms with Crippen LogP contribution in [0, 0.1) is 5.92 Å². The zero-order valence-electron chi connectivity index (χ0n) is 11.4. The molecule has 0 radical (unpaired) electrons. The van der Waals surface area contributed by atoms with Crippen LogP contribution >= 0.6 is 11.3 Å². The Morgan fingerprint density at radius 1 is 1.40 bits per heavy atom. The van der Waals surface area contributed by atoms with Gasteiger partial charge in [-0.15, -0.1) is 0 Å². The Hall–Kier alpha value is -1.81. The van der Waals surface area contributed by atoms with Gasteiger partial charge in [0.1, 0.15) is 12.4 Å². The van der Waals surface area contributed by atoms with Crippen molar-refractivity contribution >= 4 is 17.2 Å². The van der Waals surface area contributed by atoms with Crippen molar-refractivity contribution in [3.63, 3.8) is 0 Å². The first kappa shape index (κ1) is 13.2. The standard InChI is InChI=1S/C16H17NO2S/c1-17(9-12-6-7-20-11-12)16(18)14-8-13-4-2-3-5-15(13)19-10-14/h2-7,11,14H,8-10H2,1H3/t14-/m1/s1. The quantitative estimate of drug-likeness (QED) is 0.868. The number of para-hydroxylation sites is 1. The number of rotatable bonds is 3. The molecule has 1 aromatic carbocycles. The molecule has 0 N–H and O–H groups in total. The number of fused-ring (bicyclic) bond motifs is 1. The highest BCUT2D eigenvalue weighted by Crippen LogP contribution is 2.27. The molecule has 3 nitrogen and oxygen atoms in total. The van der Waals surface area contributed by atoms with Crippen LogP contribution in [0.15, 0.2) is 41.1 Å². The minimum atomic E-state index is -0.0754. The minimum Gasteiger partial charge on any atom is -0.492 e.